The molecule has 284 valence electrons. The minimum atomic E-state index is -5.03. The number of hydrogen-bond donors (Lipinski definition) is 3. The van der Waals surface area contributed by atoms with Crippen LogP contribution in [-0.4, -0.2) is 58.8 Å². The van der Waals surface area contributed by atoms with E-state index in [0.29, 0.717) is 35.3 Å². The van der Waals surface area contributed by atoms with E-state index in [4.69, 9.17) is 21.3 Å². The molecule has 2 aliphatic carbocycles. The maximum Gasteiger partial charge on any atom is 0.416 e. The van der Waals surface area contributed by atoms with Crippen molar-refractivity contribution in [2.75, 3.05) is 31.1 Å². The summed E-state index contributed by atoms with van der Waals surface area (Å²) in [7, 11) is 0. The molecule has 0 aliphatic heterocycles. The van der Waals surface area contributed by atoms with Crippen LogP contribution in [0.15, 0.2) is 47.6 Å². The van der Waals surface area contributed by atoms with E-state index in [1.807, 2.05) is 31.2 Å². The first-order valence-electron chi connectivity index (χ1n) is 17.3. The van der Waals surface area contributed by atoms with Crippen LogP contribution in [0.4, 0.5) is 37.0 Å². The lowest BCUT2D eigenvalue weighted by Crippen LogP contribution is -2.43. The maximum absolute atomic E-state index is 13.9. The predicted octanol–water partition coefficient (Wildman–Crippen LogP) is 7.14. The highest BCUT2D eigenvalue weighted by Gasteiger charge is 2.37. The van der Waals surface area contributed by atoms with Gasteiger partial charge in [0, 0.05) is 43.7 Å². The minimum absolute atomic E-state index is 0.000150. The molecule has 1 amide bonds. The fourth-order valence-electron chi connectivity index (χ4n) is 5.83. The zero-order valence-electron chi connectivity index (χ0n) is 29.7. The highest BCUT2D eigenvalue weighted by atomic mass is 19.4. The van der Waals surface area contributed by atoms with E-state index in [1.165, 1.54) is 4.90 Å². The number of halogens is 6. The van der Waals surface area contributed by atoms with Crippen molar-refractivity contribution >= 4 is 28.8 Å². The number of carbonyl (C=O) groups is 1. The summed E-state index contributed by atoms with van der Waals surface area (Å²) in [6.07, 6.45) is -6.35. The van der Waals surface area contributed by atoms with Gasteiger partial charge in [0.2, 0.25) is 5.96 Å². The van der Waals surface area contributed by atoms with Crippen molar-refractivity contribution in [3.63, 3.8) is 0 Å². The Morgan fingerprint density at radius 1 is 0.942 bits per heavy atom. The fourth-order valence-corrected chi connectivity index (χ4v) is 5.83. The first kappa shape index (κ1) is 38.8. The Morgan fingerprint density at radius 2 is 1.54 bits per heavy atom. The quantitative estimate of drug-likeness (QED) is 0.0557. The first-order chi connectivity index (χ1) is 24.2. The van der Waals surface area contributed by atoms with E-state index < -0.39 is 41.7 Å². The maximum atomic E-state index is 13.9. The molecule has 0 atom stereocenters. The van der Waals surface area contributed by atoms with E-state index in [-0.39, 0.29) is 37.2 Å². The molecule has 10 nitrogen and oxygen atoms in total. The van der Waals surface area contributed by atoms with Crippen LogP contribution in [-0.2, 0) is 30.2 Å². The smallest absolute Gasteiger partial charge is 0.416 e. The van der Waals surface area contributed by atoms with Gasteiger partial charge in [-0.3, -0.25) is 0 Å². The van der Waals surface area contributed by atoms with Crippen molar-refractivity contribution in [1.29, 1.82) is 0 Å². The number of guanidine groups is 1. The molecule has 16 heteroatoms. The number of fused-ring (bicyclic) bond motifs is 1. The third kappa shape index (κ3) is 11.0. The number of hydrogen-bond acceptors (Lipinski definition) is 7. The number of hydrazine groups is 1. The first-order valence-corrected chi connectivity index (χ1v) is 17.3. The molecular weight excluding hydrogens is 690 g/mol. The Morgan fingerprint density at radius 3 is 2.08 bits per heavy atom. The number of ether oxygens (including phenoxy) is 1. The molecule has 3 aromatic rings. The minimum Gasteiger partial charge on any atom is -0.444 e. The van der Waals surface area contributed by atoms with Crippen molar-refractivity contribution in [1.82, 2.24) is 20.3 Å². The predicted molar refractivity (Wildman–Crippen MR) is 187 cm³/mol. The molecule has 0 radical (unpaired) electrons. The van der Waals surface area contributed by atoms with Crippen LogP contribution in [0.25, 0.3) is 10.9 Å². The van der Waals surface area contributed by atoms with E-state index in [1.54, 1.807) is 20.8 Å². The molecule has 2 aliphatic rings. The summed E-state index contributed by atoms with van der Waals surface area (Å²) < 4.78 is 88.3. The normalized spacial score (nSPS) is 15.5. The molecule has 0 spiro atoms. The number of aromatic nitrogens is 1. The van der Waals surface area contributed by atoms with Gasteiger partial charge in [-0.15, -0.1) is 5.10 Å². The lowest BCUT2D eigenvalue weighted by Gasteiger charge is -2.30. The zero-order chi connectivity index (χ0) is 38.0. The average Bonchev–Trinajstić information content (AvgIpc) is 3.96. The van der Waals surface area contributed by atoms with Crippen molar-refractivity contribution in [3.8, 4) is 0 Å². The van der Waals surface area contributed by atoms with Gasteiger partial charge in [0.1, 0.15) is 11.4 Å². The van der Waals surface area contributed by atoms with Crippen LogP contribution < -0.4 is 21.8 Å². The molecule has 1 heterocycles. The number of alkyl carbamates (subject to hydrolysis) is 1. The van der Waals surface area contributed by atoms with Crippen LogP contribution in [0.3, 0.4) is 0 Å². The number of nitrogens with two attached hydrogens (primary N) is 2. The van der Waals surface area contributed by atoms with Gasteiger partial charge >= 0.3 is 18.4 Å². The van der Waals surface area contributed by atoms with E-state index in [9.17, 15) is 31.1 Å². The van der Waals surface area contributed by atoms with Gasteiger partial charge in [0.25, 0.3) is 0 Å². The number of amides is 1. The van der Waals surface area contributed by atoms with Gasteiger partial charge in [0.05, 0.1) is 23.2 Å². The molecule has 1 aromatic heterocycles. The summed E-state index contributed by atoms with van der Waals surface area (Å²) in [4.78, 5) is 20.8. The summed E-state index contributed by atoms with van der Waals surface area (Å²) in [5, 5.41) is 8.51. The molecule has 2 aromatic carbocycles. The molecule has 52 heavy (non-hydrogen) atoms. The number of rotatable bonds is 13. The highest BCUT2D eigenvalue weighted by molar-refractivity contribution is 5.85. The number of para-hydroxylation sites is 1. The highest BCUT2D eigenvalue weighted by Crippen LogP contribution is 2.39. The number of alkyl halides is 6. The fraction of sp³-hybridized carbons (Fsp3) is 0.528. The number of nitrogens with zero attached hydrogens (tertiary/aromatic N) is 5. The monoisotopic (exact) mass is 736 g/mol. The second-order valence-electron chi connectivity index (χ2n) is 14.7. The standard InChI is InChI=1S/C36H46F6N8O2/c1-22-6-5-7-26-16-27(31(46-30(22)26)48(18-23-8-9-23)19-24-10-11-24)21-49(32(43)47-50(44)13-12-45-33(51)52-34(2,3)4)20-25-14-28(35(37,38)39)17-29(15-25)36(40,41)42/h5-7,14-17,23-24H,8-13,18-21,44H2,1-4H3,(H2,43,47)(H,45,51). The SMILES string of the molecule is Cc1cccc2cc(CN(Cc3cc(C(F)(F)F)cc(C(F)(F)F)c3)/C(N)=N/N(N)CCNC(=O)OC(C)(C)C)c(N(CC3CC3)CC3CC3)nc12. The van der Waals surface area contributed by atoms with Gasteiger partial charge in [-0.05, 0) is 101 Å². The third-order valence-corrected chi connectivity index (χ3v) is 8.70. The van der Waals surface area contributed by atoms with Gasteiger partial charge in [-0.1, -0.05) is 18.2 Å². The molecule has 2 saturated carbocycles. The van der Waals surface area contributed by atoms with Crippen molar-refractivity contribution in [2.45, 2.75) is 84.4 Å². The molecule has 0 unspecified atom stereocenters. The summed E-state index contributed by atoms with van der Waals surface area (Å²) in [5.74, 6) is 7.53. The molecule has 0 bridgehead atoms. The van der Waals surface area contributed by atoms with Crippen molar-refractivity contribution in [3.05, 3.63) is 70.3 Å². The zero-order valence-corrected chi connectivity index (χ0v) is 29.7. The number of carbonyl (C=O) groups excluding carboxylic acids is 1. The van der Waals surface area contributed by atoms with Crippen LogP contribution in [0, 0.1) is 18.8 Å². The van der Waals surface area contributed by atoms with Gasteiger partial charge in [0.15, 0.2) is 0 Å². The summed E-state index contributed by atoms with van der Waals surface area (Å²) in [6.45, 7) is 8.06. The van der Waals surface area contributed by atoms with Gasteiger partial charge < -0.3 is 25.6 Å². The van der Waals surface area contributed by atoms with Gasteiger partial charge in [-0.2, -0.15) is 26.3 Å². The Labute approximate surface area is 299 Å². The molecular formula is C36H46F6N8O2. The van der Waals surface area contributed by atoms with E-state index in [2.05, 4.69) is 15.3 Å². The second-order valence-corrected chi connectivity index (χ2v) is 14.7. The largest absolute Gasteiger partial charge is 0.444 e. The molecule has 5 N–H and O–H groups in total. The van der Waals surface area contributed by atoms with Crippen LogP contribution in [0.1, 0.15) is 74.3 Å². The van der Waals surface area contributed by atoms with Crippen molar-refractivity contribution < 1.29 is 35.9 Å². The number of pyridine rings is 1. The number of aryl methyl sites for hydroxylation is 1. The second kappa shape index (κ2) is 15.2. The lowest BCUT2D eigenvalue weighted by molar-refractivity contribution is -0.143. The molecule has 0 saturated heterocycles. The van der Waals surface area contributed by atoms with E-state index in [0.717, 1.165) is 60.4 Å². The Bertz CT molecular complexity index is 1720. The van der Waals surface area contributed by atoms with Crippen LogP contribution >= 0.6 is 0 Å². The Hall–Kier alpha value is -4.47. The lowest BCUT2D eigenvalue weighted by atomic mass is 10.0. The van der Waals surface area contributed by atoms with E-state index >= 15 is 0 Å². The number of anilines is 1. The number of nitrogens with one attached hydrogen (secondary N) is 1. The molecule has 2 fully saturated rings. The third-order valence-electron chi connectivity index (χ3n) is 8.70. The van der Waals surface area contributed by atoms with Gasteiger partial charge in [-0.25, -0.2) is 20.7 Å². The van der Waals surface area contributed by atoms with Crippen LogP contribution in [0.2, 0.25) is 0 Å². The molecule has 5 rings (SSSR count). The average molecular weight is 737 g/mol. The van der Waals surface area contributed by atoms with Crippen molar-refractivity contribution in [2.24, 2.45) is 28.5 Å². The summed E-state index contributed by atoms with van der Waals surface area (Å²) >= 11 is 0. The Balaban J connectivity index is 1.53. The number of benzene rings is 2. The summed E-state index contributed by atoms with van der Waals surface area (Å²) in [5.41, 5.74) is 5.03. The number of hydrazone groups is 1. The topological polar surface area (TPSA) is 125 Å². The summed E-state index contributed by atoms with van der Waals surface area (Å²) in [6, 6.07) is 9.13. The Kier molecular flexibility index (Phi) is 11.4. The van der Waals surface area contributed by atoms with Crippen LogP contribution in [0.5, 0.6) is 0 Å².